The Balaban J connectivity index is 2.15. The van der Waals surface area contributed by atoms with Gasteiger partial charge in [-0.1, -0.05) is 12.8 Å². The van der Waals surface area contributed by atoms with E-state index in [9.17, 15) is 5.11 Å². The second-order valence-corrected chi connectivity index (χ2v) is 3.59. The van der Waals surface area contributed by atoms with Gasteiger partial charge in [-0.2, -0.15) is 0 Å². The molecular formula is C10H14N2O. The second-order valence-electron chi connectivity index (χ2n) is 3.59. The molecule has 3 heteroatoms. The Bertz CT molecular complexity index is 263. The molecule has 1 heterocycles. The van der Waals surface area contributed by atoms with Crippen LogP contribution in [-0.2, 0) is 0 Å². The summed E-state index contributed by atoms with van der Waals surface area (Å²) in [7, 11) is 0. The van der Waals surface area contributed by atoms with Crippen molar-refractivity contribution in [1.29, 1.82) is 0 Å². The lowest BCUT2D eigenvalue weighted by molar-refractivity contribution is 0.104. The summed E-state index contributed by atoms with van der Waals surface area (Å²) < 4.78 is 0. The number of hydrogen-bond donors (Lipinski definition) is 1. The fourth-order valence-electron chi connectivity index (χ4n) is 1.96. The van der Waals surface area contributed by atoms with Crippen LogP contribution in [0.25, 0.3) is 0 Å². The Morgan fingerprint density at radius 3 is 2.77 bits per heavy atom. The standard InChI is InChI=1S/C10H14N2O/c13-10-4-2-1-3-8(10)9-7-11-5-6-12-9/h5-8,10,13H,1-4H2. The van der Waals surface area contributed by atoms with Gasteiger partial charge in [0, 0.05) is 24.5 Å². The lowest BCUT2D eigenvalue weighted by atomic mass is 9.84. The highest BCUT2D eigenvalue weighted by atomic mass is 16.3. The molecule has 1 fully saturated rings. The third kappa shape index (κ3) is 1.86. The molecule has 0 aromatic carbocycles. The summed E-state index contributed by atoms with van der Waals surface area (Å²) >= 11 is 0. The highest BCUT2D eigenvalue weighted by molar-refractivity contribution is 5.06. The van der Waals surface area contributed by atoms with Crippen molar-refractivity contribution in [2.24, 2.45) is 0 Å². The van der Waals surface area contributed by atoms with Crippen LogP contribution >= 0.6 is 0 Å². The number of nitrogens with zero attached hydrogens (tertiary/aromatic N) is 2. The molecule has 1 N–H and O–H groups in total. The lowest BCUT2D eigenvalue weighted by Crippen LogP contribution is -2.23. The molecule has 70 valence electrons. The van der Waals surface area contributed by atoms with Gasteiger partial charge in [-0.15, -0.1) is 0 Å². The van der Waals surface area contributed by atoms with Crippen LogP contribution in [0.5, 0.6) is 0 Å². The monoisotopic (exact) mass is 178 g/mol. The van der Waals surface area contributed by atoms with Gasteiger partial charge < -0.3 is 5.11 Å². The molecule has 1 aromatic heterocycles. The van der Waals surface area contributed by atoms with Crippen molar-refractivity contribution in [3.63, 3.8) is 0 Å². The Labute approximate surface area is 77.8 Å². The van der Waals surface area contributed by atoms with Crippen molar-refractivity contribution < 1.29 is 5.11 Å². The molecule has 1 saturated carbocycles. The summed E-state index contributed by atoms with van der Waals surface area (Å²) in [4.78, 5) is 8.25. The maximum Gasteiger partial charge on any atom is 0.0643 e. The van der Waals surface area contributed by atoms with E-state index in [-0.39, 0.29) is 12.0 Å². The first-order valence-corrected chi connectivity index (χ1v) is 4.82. The smallest absolute Gasteiger partial charge is 0.0643 e. The first-order valence-electron chi connectivity index (χ1n) is 4.82. The van der Waals surface area contributed by atoms with Gasteiger partial charge >= 0.3 is 0 Å². The van der Waals surface area contributed by atoms with Crippen molar-refractivity contribution in [2.75, 3.05) is 0 Å². The van der Waals surface area contributed by atoms with Crippen LogP contribution in [0.2, 0.25) is 0 Å². The van der Waals surface area contributed by atoms with Gasteiger partial charge in [0.1, 0.15) is 0 Å². The van der Waals surface area contributed by atoms with Crippen molar-refractivity contribution in [3.05, 3.63) is 24.3 Å². The van der Waals surface area contributed by atoms with Crippen LogP contribution in [0, 0.1) is 0 Å². The minimum Gasteiger partial charge on any atom is -0.392 e. The van der Waals surface area contributed by atoms with Crippen molar-refractivity contribution >= 4 is 0 Å². The largest absolute Gasteiger partial charge is 0.392 e. The van der Waals surface area contributed by atoms with Gasteiger partial charge in [0.05, 0.1) is 11.8 Å². The highest BCUT2D eigenvalue weighted by Crippen LogP contribution is 2.31. The fraction of sp³-hybridized carbons (Fsp3) is 0.600. The van der Waals surface area contributed by atoms with Gasteiger partial charge in [0.25, 0.3) is 0 Å². The molecule has 0 spiro atoms. The van der Waals surface area contributed by atoms with Crippen molar-refractivity contribution in [3.8, 4) is 0 Å². The van der Waals surface area contributed by atoms with E-state index in [0.717, 1.165) is 25.0 Å². The molecule has 0 amide bonds. The highest BCUT2D eigenvalue weighted by Gasteiger charge is 2.25. The van der Waals surface area contributed by atoms with Gasteiger partial charge in [-0.25, -0.2) is 0 Å². The predicted molar refractivity (Wildman–Crippen MR) is 49.2 cm³/mol. The number of rotatable bonds is 1. The predicted octanol–water partition coefficient (Wildman–Crippen LogP) is 1.50. The fourth-order valence-corrected chi connectivity index (χ4v) is 1.96. The minimum absolute atomic E-state index is 0.211. The maximum absolute atomic E-state index is 9.75. The Morgan fingerprint density at radius 2 is 2.08 bits per heavy atom. The molecule has 3 nitrogen and oxygen atoms in total. The van der Waals surface area contributed by atoms with Crippen molar-refractivity contribution in [2.45, 2.75) is 37.7 Å². The van der Waals surface area contributed by atoms with Crippen LogP contribution in [-0.4, -0.2) is 21.2 Å². The quantitative estimate of drug-likeness (QED) is 0.708. The molecular weight excluding hydrogens is 164 g/mol. The zero-order valence-corrected chi connectivity index (χ0v) is 7.56. The lowest BCUT2D eigenvalue weighted by Gasteiger charge is -2.26. The number of hydrogen-bond acceptors (Lipinski definition) is 3. The van der Waals surface area contributed by atoms with Gasteiger partial charge in [-0.05, 0) is 12.8 Å². The van der Waals surface area contributed by atoms with E-state index in [1.54, 1.807) is 18.6 Å². The molecule has 0 aliphatic heterocycles. The Kier molecular flexibility index (Phi) is 2.54. The van der Waals surface area contributed by atoms with E-state index < -0.39 is 0 Å². The molecule has 0 radical (unpaired) electrons. The summed E-state index contributed by atoms with van der Waals surface area (Å²) in [5, 5.41) is 9.75. The zero-order chi connectivity index (χ0) is 9.10. The van der Waals surface area contributed by atoms with E-state index in [1.165, 1.54) is 6.42 Å². The normalized spacial score (nSPS) is 28.7. The molecule has 13 heavy (non-hydrogen) atoms. The summed E-state index contributed by atoms with van der Waals surface area (Å²) in [6, 6.07) is 0. The molecule has 1 aliphatic rings. The number of aliphatic hydroxyl groups is 1. The Hall–Kier alpha value is -0.960. The second kappa shape index (κ2) is 3.83. The van der Waals surface area contributed by atoms with Crippen LogP contribution < -0.4 is 0 Å². The van der Waals surface area contributed by atoms with E-state index >= 15 is 0 Å². The van der Waals surface area contributed by atoms with Crippen LogP contribution in [0.3, 0.4) is 0 Å². The topological polar surface area (TPSA) is 46.0 Å². The van der Waals surface area contributed by atoms with Gasteiger partial charge in [0.15, 0.2) is 0 Å². The minimum atomic E-state index is -0.217. The van der Waals surface area contributed by atoms with Crippen LogP contribution in [0.15, 0.2) is 18.6 Å². The molecule has 1 aromatic rings. The third-order valence-corrected chi connectivity index (χ3v) is 2.69. The third-order valence-electron chi connectivity index (χ3n) is 2.69. The SMILES string of the molecule is OC1CCCCC1c1cnccn1. The molecule has 0 bridgehead atoms. The number of aromatic nitrogens is 2. The summed E-state index contributed by atoms with van der Waals surface area (Å²) in [5.74, 6) is 0.211. The molecule has 2 atom stereocenters. The zero-order valence-electron chi connectivity index (χ0n) is 7.56. The van der Waals surface area contributed by atoms with E-state index in [0.29, 0.717) is 0 Å². The first kappa shape index (κ1) is 8.63. The average Bonchev–Trinajstić information content (AvgIpc) is 2.20. The van der Waals surface area contributed by atoms with Gasteiger partial charge in [-0.3, -0.25) is 9.97 Å². The van der Waals surface area contributed by atoms with Crippen LogP contribution in [0.4, 0.5) is 0 Å². The molecule has 2 unspecified atom stereocenters. The van der Waals surface area contributed by atoms with E-state index in [2.05, 4.69) is 9.97 Å². The van der Waals surface area contributed by atoms with Crippen LogP contribution in [0.1, 0.15) is 37.3 Å². The summed E-state index contributed by atoms with van der Waals surface area (Å²) in [6.07, 6.45) is 9.18. The summed E-state index contributed by atoms with van der Waals surface area (Å²) in [5.41, 5.74) is 0.940. The van der Waals surface area contributed by atoms with Gasteiger partial charge in [0.2, 0.25) is 0 Å². The molecule has 1 aliphatic carbocycles. The van der Waals surface area contributed by atoms with E-state index in [1.807, 2.05) is 0 Å². The van der Waals surface area contributed by atoms with Crippen molar-refractivity contribution in [1.82, 2.24) is 9.97 Å². The first-order chi connectivity index (χ1) is 6.38. The van der Waals surface area contributed by atoms with E-state index in [4.69, 9.17) is 0 Å². The molecule has 0 saturated heterocycles. The maximum atomic E-state index is 9.75. The number of aliphatic hydroxyl groups excluding tert-OH is 1. The molecule has 2 rings (SSSR count). The average molecular weight is 178 g/mol. The Morgan fingerprint density at radius 1 is 1.23 bits per heavy atom. The summed E-state index contributed by atoms with van der Waals surface area (Å²) in [6.45, 7) is 0.